The van der Waals surface area contributed by atoms with Gasteiger partial charge in [0.25, 0.3) is 0 Å². The maximum Gasteiger partial charge on any atom is 0.233 e. The van der Waals surface area contributed by atoms with Gasteiger partial charge in [-0.3, -0.25) is 5.41 Å². The summed E-state index contributed by atoms with van der Waals surface area (Å²) in [5.74, 6) is 0.164. The highest BCUT2D eigenvalue weighted by molar-refractivity contribution is 7.09. The van der Waals surface area contributed by atoms with Crippen LogP contribution in [-0.4, -0.2) is 17.5 Å². The van der Waals surface area contributed by atoms with Crippen molar-refractivity contribution in [2.24, 2.45) is 0 Å². The van der Waals surface area contributed by atoms with Gasteiger partial charge < -0.3 is 4.74 Å². The molecule has 0 aliphatic carbocycles. The van der Waals surface area contributed by atoms with E-state index in [2.05, 4.69) is 4.98 Å². The van der Waals surface area contributed by atoms with Crippen LogP contribution in [0.4, 0.5) is 0 Å². The minimum atomic E-state index is 0.164. The van der Waals surface area contributed by atoms with E-state index in [9.17, 15) is 0 Å². The molecule has 11 heavy (non-hydrogen) atoms. The summed E-state index contributed by atoms with van der Waals surface area (Å²) in [5, 5.41) is 10.2. The zero-order chi connectivity index (χ0) is 8.27. The van der Waals surface area contributed by atoms with Crippen LogP contribution in [0.2, 0.25) is 0 Å². The van der Waals surface area contributed by atoms with E-state index in [0.717, 1.165) is 5.01 Å². The molecule has 0 fully saturated rings. The molecule has 0 radical (unpaired) electrons. The molecule has 0 aromatic carbocycles. The molecule has 0 aliphatic heterocycles. The number of nitrogens with zero attached hydrogens (tertiary/aromatic N) is 1. The van der Waals surface area contributed by atoms with E-state index >= 15 is 0 Å². The van der Waals surface area contributed by atoms with Gasteiger partial charge in [-0.15, -0.1) is 11.3 Å². The molecule has 0 amide bonds. The Morgan fingerprint density at radius 1 is 1.82 bits per heavy atom. The summed E-state index contributed by atoms with van der Waals surface area (Å²) in [6, 6.07) is 0. The van der Waals surface area contributed by atoms with E-state index in [4.69, 9.17) is 10.1 Å². The van der Waals surface area contributed by atoms with Gasteiger partial charge in [0.05, 0.1) is 11.6 Å². The van der Waals surface area contributed by atoms with Crippen LogP contribution in [0.25, 0.3) is 0 Å². The number of aromatic nitrogens is 1. The number of rotatable bonds is 2. The fourth-order valence-electron chi connectivity index (χ4n) is 0.686. The van der Waals surface area contributed by atoms with Crippen molar-refractivity contribution in [1.29, 1.82) is 5.41 Å². The van der Waals surface area contributed by atoms with Crippen LogP contribution in [0.15, 0.2) is 5.38 Å². The molecule has 0 unspecified atom stereocenters. The van der Waals surface area contributed by atoms with Crippen LogP contribution < -0.4 is 0 Å². The molecular formula is C7H10N2OS. The van der Waals surface area contributed by atoms with Gasteiger partial charge >= 0.3 is 0 Å². The van der Waals surface area contributed by atoms with Crippen molar-refractivity contribution in [1.82, 2.24) is 4.98 Å². The molecule has 0 atom stereocenters. The Bertz CT molecular complexity index is 257. The Kier molecular flexibility index (Phi) is 2.59. The molecule has 0 aliphatic rings. The number of nitrogens with one attached hydrogen (secondary N) is 1. The third-order valence-corrected chi connectivity index (χ3v) is 1.91. The second-order valence-corrected chi connectivity index (χ2v) is 3.08. The molecule has 0 spiro atoms. The van der Waals surface area contributed by atoms with Crippen molar-refractivity contribution < 1.29 is 4.74 Å². The molecule has 1 heterocycles. The van der Waals surface area contributed by atoms with Gasteiger partial charge in [0.2, 0.25) is 5.90 Å². The molecular weight excluding hydrogens is 160 g/mol. The van der Waals surface area contributed by atoms with Gasteiger partial charge in [0.1, 0.15) is 5.69 Å². The lowest BCUT2D eigenvalue weighted by Crippen LogP contribution is -2.04. The summed E-state index contributed by atoms with van der Waals surface area (Å²) < 4.78 is 4.97. The second-order valence-electron chi connectivity index (χ2n) is 2.01. The standard InChI is InChI=1S/C7H10N2OS/c1-3-10-7(8)6-4-11-5(2)9-6/h4,8H,3H2,1-2H3. The summed E-state index contributed by atoms with van der Waals surface area (Å²) in [6.45, 7) is 4.29. The minimum absolute atomic E-state index is 0.164. The van der Waals surface area contributed by atoms with E-state index in [-0.39, 0.29) is 5.90 Å². The Balaban J connectivity index is 2.69. The van der Waals surface area contributed by atoms with Gasteiger partial charge in [0.15, 0.2) is 0 Å². The molecule has 4 heteroatoms. The Morgan fingerprint density at radius 2 is 2.55 bits per heavy atom. The number of ether oxygens (including phenoxy) is 1. The summed E-state index contributed by atoms with van der Waals surface area (Å²) in [6.07, 6.45) is 0. The lowest BCUT2D eigenvalue weighted by molar-refractivity contribution is 0.324. The van der Waals surface area contributed by atoms with Gasteiger partial charge in [0, 0.05) is 5.38 Å². The van der Waals surface area contributed by atoms with Crippen LogP contribution in [0.5, 0.6) is 0 Å². The second kappa shape index (κ2) is 3.48. The molecule has 1 rings (SSSR count). The van der Waals surface area contributed by atoms with Crippen molar-refractivity contribution in [3.8, 4) is 0 Å². The highest BCUT2D eigenvalue weighted by atomic mass is 32.1. The molecule has 60 valence electrons. The van der Waals surface area contributed by atoms with Crippen LogP contribution in [-0.2, 0) is 4.74 Å². The summed E-state index contributed by atoms with van der Waals surface area (Å²) >= 11 is 1.53. The van der Waals surface area contributed by atoms with Crippen molar-refractivity contribution in [3.05, 3.63) is 16.1 Å². The maximum atomic E-state index is 7.36. The normalized spacial score (nSPS) is 9.64. The molecule has 3 nitrogen and oxygen atoms in total. The monoisotopic (exact) mass is 170 g/mol. The van der Waals surface area contributed by atoms with Crippen molar-refractivity contribution >= 4 is 17.2 Å². The number of aryl methyl sites for hydroxylation is 1. The first-order valence-corrected chi connectivity index (χ1v) is 4.26. The molecule has 0 saturated carbocycles. The minimum Gasteiger partial charge on any atom is -0.477 e. The fourth-order valence-corrected chi connectivity index (χ4v) is 1.28. The zero-order valence-corrected chi connectivity index (χ0v) is 7.36. The third kappa shape index (κ3) is 2.01. The van der Waals surface area contributed by atoms with Crippen LogP contribution >= 0.6 is 11.3 Å². The third-order valence-electron chi connectivity index (χ3n) is 1.14. The Labute approximate surface area is 69.6 Å². The molecule has 1 aromatic heterocycles. The van der Waals surface area contributed by atoms with Crippen molar-refractivity contribution in [3.63, 3.8) is 0 Å². The first kappa shape index (κ1) is 8.20. The van der Waals surface area contributed by atoms with Crippen molar-refractivity contribution in [2.75, 3.05) is 6.61 Å². The molecule has 0 bridgehead atoms. The van der Waals surface area contributed by atoms with Gasteiger partial charge in [-0.2, -0.15) is 0 Å². The van der Waals surface area contributed by atoms with Crippen LogP contribution in [0.1, 0.15) is 17.6 Å². The average molecular weight is 170 g/mol. The summed E-state index contributed by atoms with van der Waals surface area (Å²) in [5.41, 5.74) is 0.634. The fraction of sp³-hybridized carbons (Fsp3) is 0.429. The highest BCUT2D eigenvalue weighted by Gasteiger charge is 2.04. The Morgan fingerprint density at radius 3 is 3.00 bits per heavy atom. The highest BCUT2D eigenvalue weighted by Crippen LogP contribution is 2.08. The summed E-state index contributed by atoms with van der Waals surface area (Å²) in [4.78, 5) is 4.10. The molecule has 1 aromatic rings. The van der Waals surface area contributed by atoms with Gasteiger partial charge in [-0.1, -0.05) is 0 Å². The van der Waals surface area contributed by atoms with Crippen LogP contribution in [0, 0.1) is 12.3 Å². The van der Waals surface area contributed by atoms with Crippen molar-refractivity contribution in [2.45, 2.75) is 13.8 Å². The predicted molar refractivity (Wildman–Crippen MR) is 45.3 cm³/mol. The maximum absolute atomic E-state index is 7.36. The predicted octanol–water partition coefficient (Wildman–Crippen LogP) is 1.81. The first-order valence-electron chi connectivity index (χ1n) is 3.38. The van der Waals surface area contributed by atoms with Crippen LogP contribution in [0.3, 0.4) is 0 Å². The Hall–Kier alpha value is -0.900. The van der Waals surface area contributed by atoms with E-state index in [1.807, 2.05) is 19.2 Å². The topological polar surface area (TPSA) is 46.0 Å². The number of hydrogen-bond donors (Lipinski definition) is 1. The quantitative estimate of drug-likeness (QED) is 0.543. The average Bonchev–Trinajstić information content (AvgIpc) is 2.36. The van der Waals surface area contributed by atoms with E-state index < -0.39 is 0 Å². The molecule has 0 saturated heterocycles. The lowest BCUT2D eigenvalue weighted by Gasteiger charge is -1.99. The zero-order valence-electron chi connectivity index (χ0n) is 6.55. The largest absolute Gasteiger partial charge is 0.477 e. The first-order chi connectivity index (χ1) is 5.24. The number of thiazole rings is 1. The number of hydrogen-bond acceptors (Lipinski definition) is 4. The smallest absolute Gasteiger partial charge is 0.233 e. The van der Waals surface area contributed by atoms with Gasteiger partial charge in [-0.05, 0) is 13.8 Å². The summed E-state index contributed by atoms with van der Waals surface area (Å²) in [7, 11) is 0. The van der Waals surface area contributed by atoms with E-state index in [1.54, 1.807) is 0 Å². The van der Waals surface area contributed by atoms with E-state index in [0.29, 0.717) is 12.3 Å². The molecule has 1 N–H and O–H groups in total. The van der Waals surface area contributed by atoms with Gasteiger partial charge in [-0.25, -0.2) is 4.98 Å². The van der Waals surface area contributed by atoms with E-state index in [1.165, 1.54) is 11.3 Å². The lowest BCUT2D eigenvalue weighted by atomic mass is 10.5. The SMILES string of the molecule is CCOC(=N)c1csc(C)n1.